The molecule has 11 heteroatoms. The normalized spacial score (nSPS) is 16.2. The van der Waals surface area contributed by atoms with E-state index in [1.807, 2.05) is 4.90 Å². The summed E-state index contributed by atoms with van der Waals surface area (Å²) in [7, 11) is 3.00. The van der Waals surface area contributed by atoms with Gasteiger partial charge in [-0.3, -0.25) is 13.9 Å². The molecule has 1 aliphatic heterocycles. The topological polar surface area (TPSA) is 127 Å². The van der Waals surface area contributed by atoms with Crippen molar-refractivity contribution in [3.8, 4) is 0 Å². The average molecular weight is 382 g/mol. The highest BCUT2D eigenvalue weighted by Crippen LogP contribution is 2.21. The standard InChI is InChI=1S/C16H26N6O5/c1-19-13-12(14(25)20(2)16(19)26)22(10-11(24)9-17-3-6-23)15(18-13)21-4-7-27-8-5-21/h11,17,23-24H,3-10H2,1-2H3. The van der Waals surface area contributed by atoms with Crippen LogP contribution in [-0.2, 0) is 25.4 Å². The lowest BCUT2D eigenvalue weighted by Crippen LogP contribution is -2.40. The van der Waals surface area contributed by atoms with Crippen molar-refractivity contribution in [3.05, 3.63) is 20.8 Å². The van der Waals surface area contributed by atoms with Crippen LogP contribution in [0.2, 0.25) is 0 Å². The molecule has 27 heavy (non-hydrogen) atoms. The SMILES string of the molecule is Cn1c(=O)c2c(nc(N3CCOCC3)n2CC(O)CNCCO)n(C)c1=O. The summed E-state index contributed by atoms with van der Waals surface area (Å²) < 4.78 is 9.44. The number of anilines is 1. The zero-order chi connectivity index (χ0) is 19.6. The Morgan fingerprint density at radius 1 is 1.22 bits per heavy atom. The molecule has 2 aromatic rings. The molecule has 0 aliphatic carbocycles. The molecule has 1 fully saturated rings. The summed E-state index contributed by atoms with van der Waals surface area (Å²) in [6.07, 6.45) is -0.796. The Labute approximate surface area is 155 Å². The minimum absolute atomic E-state index is 0.0254. The third-order valence-corrected chi connectivity index (χ3v) is 4.68. The van der Waals surface area contributed by atoms with Gasteiger partial charge >= 0.3 is 5.69 Å². The molecule has 0 aromatic carbocycles. The Morgan fingerprint density at radius 3 is 2.59 bits per heavy atom. The van der Waals surface area contributed by atoms with E-state index in [9.17, 15) is 14.7 Å². The lowest BCUT2D eigenvalue weighted by Gasteiger charge is -2.28. The molecule has 3 heterocycles. The molecular formula is C16H26N6O5. The molecule has 0 spiro atoms. The molecule has 1 unspecified atom stereocenters. The summed E-state index contributed by atoms with van der Waals surface area (Å²) in [5, 5.41) is 22.2. The first-order valence-corrected chi connectivity index (χ1v) is 8.94. The summed E-state index contributed by atoms with van der Waals surface area (Å²) in [5.41, 5.74) is -0.325. The van der Waals surface area contributed by atoms with Gasteiger partial charge in [0.25, 0.3) is 5.56 Å². The van der Waals surface area contributed by atoms with Crippen LogP contribution in [0.4, 0.5) is 5.95 Å². The summed E-state index contributed by atoms with van der Waals surface area (Å²) in [6.45, 7) is 3.04. The maximum Gasteiger partial charge on any atom is 0.332 e. The predicted octanol–water partition coefficient (Wildman–Crippen LogP) is -2.79. The first-order chi connectivity index (χ1) is 13.0. The van der Waals surface area contributed by atoms with Crippen molar-refractivity contribution in [2.45, 2.75) is 12.6 Å². The highest BCUT2D eigenvalue weighted by Gasteiger charge is 2.25. The molecule has 0 saturated carbocycles. The van der Waals surface area contributed by atoms with Crippen LogP contribution in [0.15, 0.2) is 9.59 Å². The monoisotopic (exact) mass is 382 g/mol. The second-order valence-corrected chi connectivity index (χ2v) is 6.58. The van der Waals surface area contributed by atoms with E-state index in [0.29, 0.717) is 44.4 Å². The van der Waals surface area contributed by atoms with Crippen LogP contribution in [0.3, 0.4) is 0 Å². The van der Waals surface area contributed by atoms with Crippen molar-refractivity contribution < 1.29 is 14.9 Å². The van der Waals surface area contributed by atoms with E-state index in [1.165, 1.54) is 11.6 Å². The van der Waals surface area contributed by atoms with Crippen molar-refractivity contribution in [1.82, 2.24) is 24.0 Å². The molecule has 3 N–H and O–H groups in total. The lowest BCUT2D eigenvalue weighted by atomic mass is 10.3. The van der Waals surface area contributed by atoms with Crippen molar-refractivity contribution in [3.63, 3.8) is 0 Å². The molecule has 1 atom stereocenters. The largest absolute Gasteiger partial charge is 0.395 e. The van der Waals surface area contributed by atoms with E-state index < -0.39 is 17.4 Å². The average Bonchev–Trinajstić information content (AvgIpc) is 3.05. The van der Waals surface area contributed by atoms with Crippen LogP contribution in [0.25, 0.3) is 11.2 Å². The number of imidazole rings is 1. The van der Waals surface area contributed by atoms with Gasteiger partial charge in [0.05, 0.1) is 32.5 Å². The zero-order valence-electron chi connectivity index (χ0n) is 15.6. The van der Waals surface area contributed by atoms with Gasteiger partial charge in [0.2, 0.25) is 5.95 Å². The number of aryl methyl sites for hydroxylation is 1. The summed E-state index contributed by atoms with van der Waals surface area (Å²) in [4.78, 5) is 31.6. The van der Waals surface area contributed by atoms with Gasteiger partial charge in [-0.15, -0.1) is 0 Å². The number of rotatable bonds is 7. The van der Waals surface area contributed by atoms with Gasteiger partial charge in [0.15, 0.2) is 11.2 Å². The van der Waals surface area contributed by atoms with E-state index in [4.69, 9.17) is 9.84 Å². The Balaban J connectivity index is 2.09. The molecule has 2 aromatic heterocycles. The number of aliphatic hydroxyl groups excluding tert-OH is 2. The highest BCUT2D eigenvalue weighted by atomic mass is 16.5. The third-order valence-electron chi connectivity index (χ3n) is 4.68. The Hall–Kier alpha value is -2.21. The Bertz CT molecular complexity index is 911. The Morgan fingerprint density at radius 2 is 1.93 bits per heavy atom. The summed E-state index contributed by atoms with van der Waals surface area (Å²) in [5.74, 6) is 0.535. The molecule has 3 rings (SSSR count). The van der Waals surface area contributed by atoms with Crippen LogP contribution in [0.1, 0.15) is 0 Å². The second-order valence-electron chi connectivity index (χ2n) is 6.58. The van der Waals surface area contributed by atoms with Crippen LogP contribution < -0.4 is 21.5 Å². The first kappa shape index (κ1) is 19.5. The fourth-order valence-corrected chi connectivity index (χ4v) is 3.24. The van der Waals surface area contributed by atoms with Gasteiger partial charge < -0.3 is 29.7 Å². The molecule has 0 amide bonds. The Kier molecular flexibility index (Phi) is 5.95. The van der Waals surface area contributed by atoms with E-state index in [2.05, 4.69) is 10.3 Å². The van der Waals surface area contributed by atoms with E-state index in [0.717, 1.165) is 4.57 Å². The summed E-state index contributed by atoms with van der Waals surface area (Å²) in [6, 6.07) is 0. The number of nitrogens with one attached hydrogen (secondary N) is 1. The van der Waals surface area contributed by atoms with Crippen molar-refractivity contribution in [1.29, 1.82) is 0 Å². The van der Waals surface area contributed by atoms with Crippen LogP contribution in [0, 0.1) is 0 Å². The molecule has 0 bridgehead atoms. The smallest absolute Gasteiger partial charge is 0.332 e. The fourth-order valence-electron chi connectivity index (χ4n) is 3.24. The van der Waals surface area contributed by atoms with Crippen molar-refractivity contribution in [2.24, 2.45) is 14.1 Å². The van der Waals surface area contributed by atoms with Crippen LogP contribution in [-0.4, -0.2) is 81.0 Å². The zero-order valence-corrected chi connectivity index (χ0v) is 15.6. The molecule has 1 saturated heterocycles. The predicted molar refractivity (Wildman–Crippen MR) is 99.2 cm³/mol. The fraction of sp³-hybridized carbons (Fsp3) is 0.688. The molecule has 150 valence electrons. The number of fused-ring (bicyclic) bond motifs is 1. The molecule has 0 radical (unpaired) electrons. The lowest BCUT2D eigenvalue weighted by molar-refractivity contribution is 0.120. The first-order valence-electron chi connectivity index (χ1n) is 8.94. The maximum absolute atomic E-state index is 12.8. The van der Waals surface area contributed by atoms with Gasteiger partial charge in [0.1, 0.15) is 0 Å². The number of aromatic nitrogens is 4. The number of ether oxygens (including phenoxy) is 1. The molecular weight excluding hydrogens is 356 g/mol. The van der Waals surface area contributed by atoms with Gasteiger partial charge in [-0.2, -0.15) is 4.98 Å². The van der Waals surface area contributed by atoms with Gasteiger partial charge in [0, 0.05) is 40.3 Å². The van der Waals surface area contributed by atoms with Crippen LogP contribution >= 0.6 is 0 Å². The number of hydrogen-bond donors (Lipinski definition) is 3. The van der Waals surface area contributed by atoms with Gasteiger partial charge in [-0.25, -0.2) is 4.79 Å². The minimum Gasteiger partial charge on any atom is -0.395 e. The number of aliphatic hydroxyl groups is 2. The van der Waals surface area contributed by atoms with E-state index >= 15 is 0 Å². The number of hydrogen-bond acceptors (Lipinski definition) is 8. The number of morpholine rings is 1. The maximum atomic E-state index is 12.8. The highest BCUT2D eigenvalue weighted by molar-refractivity contribution is 5.74. The minimum atomic E-state index is -0.796. The molecule has 1 aliphatic rings. The van der Waals surface area contributed by atoms with Gasteiger partial charge in [-0.1, -0.05) is 0 Å². The van der Waals surface area contributed by atoms with E-state index in [-0.39, 0.29) is 25.2 Å². The van der Waals surface area contributed by atoms with Crippen LogP contribution in [0.5, 0.6) is 0 Å². The summed E-state index contributed by atoms with van der Waals surface area (Å²) >= 11 is 0. The van der Waals surface area contributed by atoms with Crippen molar-refractivity contribution >= 4 is 17.1 Å². The van der Waals surface area contributed by atoms with E-state index in [1.54, 1.807) is 11.6 Å². The molecule has 11 nitrogen and oxygen atoms in total. The number of nitrogens with zero attached hydrogens (tertiary/aromatic N) is 5. The third kappa shape index (κ3) is 3.76. The van der Waals surface area contributed by atoms with Gasteiger partial charge in [-0.05, 0) is 0 Å². The van der Waals surface area contributed by atoms with Crippen molar-refractivity contribution in [2.75, 3.05) is 50.9 Å². The second kappa shape index (κ2) is 8.21. The quantitative estimate of drug-likeness (QED) is 0.439.